The average Bonchev–Trinajstić information content (AvgIpc) is 3.10. The van der Waals surface area contributed by atoms with E-state index in [4.69, 9.17) is 4.74 Å². The van der Waals surface area contributed by atoms with Gasteiger partial charge in [-0.3, -0.25) is 9.89 Å². The van der Waals surface area contributed by atoms with Gasteiger partial charge in [0.1, 0.15) is 0 Å². The van der Waals surface area contributed by atoms with Crippen LogP contribution in [0.4, 0.5) is 0 Å². The molecule has 0 saturated carbocycles. The van der Waals surface area contributed by atoms with E-state index in [1.165, 1.54) is 12.8 Å². The van der Waals surface area contributed by atoms with Crippen LogP contribution in [0.3, 0.4) is 0 Å². The highest BCUT2D eigenvalue weighted by atomic mass is 16.5. The fourth-order valence-corrected chi connectivity index (χ4v) is 2.99. The topological polar surface area (TPSA) is 61.5 Å². The molecule has 0 spiro atoms. The van der Waals surface area contributed by atoms with Crippen molar-refractivity contribution in [1.29, 1.82) is 0 Å². The summed E-state index contributed by atoms with van der Waals surface area (Å²) in [5, 5.41) is 6.55. The SMILES string of the molecule is O=C(c1cn[nH]c1)N1CCCO[C@@H](CN2CCCC2)C1. The first kappa shape index (κ1) is 13.6. The number of H-pyrrole nitrogens is 1. The number of carbonyl (C=O) groups is 1. The Morgan fingerprint density at radius 2 is 2.20 bits per heavy atom. The Morgan fingerprint density at radius 1 is 1.35 bits per heavy atom. The second-order valence-electron chi connectivity index (χ2n) is 5.59. The van der Waals surface area contributed by atoms with Crippen LogP contribution in [0.25, 0.3) is 0 Å². The molecule has 2 aliphatic rings. The van der Waals surface area contributed by atoms with E-state index in [9.17, 15) is 4.79 Å². The molecule has 0 unspecified atom stereocenters. The second-order valence-corrected chi connectivity index (χ2v) is 5.59. The number of rotatable bonds is 3. The van der Waals surface area contributed by atoms with Gasteiger partial charge >= 0.3 is 0 Å². The fourth-order valence-electron chi connectivity index (χ4n) is 2.99. The Labute approximate surface area is 119 Å². The van der Waals surface area contributed by atoms with Gasteiger partial charge in [0.2, 0.25) is 0 Å². The summed E-state index contributed by atoms with van der Waals surface area (Å²) in [6, 6.07) is 0. The van der Waals surface area contributed by atoms with Crippen LogP contribution in [-0.2, 0) is 4.74 Å². The smallest absolute Gasteiger partial charge is 0.257 e. The van der Waals surface area contributed by atoms with Crippen LogP contribution < -0.4 is 0 Å². The molecule has 6 nitrogen and oxygen atoms in total. The molecular formula is C14H22N4O2. The maximum atomic E-state index is 12.4. The van der Waals surface area contributed by atoms with Gasteiger partial charge in [0.15, 0.2) is 0 Å². The van der Waals surface area contributed by atoms with Crippen molar-refractivity contribution in [3.8, 4) is 0 Å². The summed E-state index contributed by atoms with van der Waals surface area (Å²) in [6.07, 6.45) is 6.84. The van der Waals surface area contributed by atoms with Gasteiger partial charge < -0.3 is 14.5 Å². The summed E-state index contributed by atoms with van der Waals surface area (Å²) in [4.78, 5) is 16.7. The van der Waals surface area contributed by atoms with Gasteiger partial charge in [-0.1, -0.05) is 0 Å². The summed E-state index contributed by atoms with van der Waals surface area (Å²) < 4.78 is 5.90. The van der Waals surface area contributed by atoms with Crippen molar-refractivity contribution in [3.05, 3.63) is 18.0 Å². The number of hydrogen-bond donors (Lipinski definition) is 1. The number of aromatic nitrogens is 2. The molecule has 2 saturated heterocycles. The van der Waals surface area contributed by atoms with E-state index in [1.54, 1.807) is 12.4 Å². The van der Waals surface area contributed by atoms with Crippen molar-refractivity contribution >= 4 is 5.91 Å². The highest BCUT2D eigenvalue weighted by Crippen LogP contribution is 2.14. The molecule has 0 aliphatic carbocycles. The number of hydrogen-bond acceptors (Lipinski definition) is 4. The molecule has 1 atom stereocenters. The van der Waals surface area contributed by atoms with Crippen molar-refractivity contribution in [2.24, 2.45) is 0 Å². The van der Waals surface area contributed by atoms with Crippen LogP contribution in [0.5, 0.6) is 0 Å². The van der Waals surface area contributed by atoms with E-state index in [1.807, 2.05) is 4.90 Å². The third-order valence-electron chi connectivity index (χ3n) is 4.04. The Morgan fingerprint density at radius 3 is 2.95 bits per heavy atom. The molecule has 20 heavy (non-hydrogen) atoms. The van der Waals surface area contributed by atoms with Gasteiger partial charge in [0.05, 0.1) is 17.9 Å². The molecule has 6 heteroatoms. The lowest BCUT2D eigenvalue weighted by Crippen LogP contribution is -2.41. The van der Waals surface area contributed by atoms with Gasteiger partial charge in [0.25, 0.3) is 5.91 Å². The number of nitrogens with zero attached hydrogens (tertiary/aromatic N) is 3. The normalized spacial score (nSPS) is 24.8. The zero-order valence-corrected chi connectivity index (χ0v) is 11.8. The largest absolute Gasteiger partial charge is 0.375 e. The lowest BCUT2D eigenvalue weighted by atomic mass is 10.2. The Bertz CT molecular complexity index is 428. The lowest BCUT2D eigenvalue weighted by Gasteiger charge is -2.26. The number of nitrogens with one attached hydrogen (secondary N) is 1. The predicted octanol–water partition coefficient (Wildman–Crippen LogP) is 0.737. The van der Waals surface area contributed by atoms with E-state index >= 15 is 0 Å². The number of ether oxygens (including phenoxy) is 1. The minimum absolute atomic E-state index is 0.0515. The van der Waals surface area contributed by atoms with Crippen LogP contribution >= 0.6 is 0 Å². The molecule has 1 aromatic rings. The zero-order valence-electron chi connectivity index (χ0n) is 11.8. The van der Waals surface area contributed by atoms with Crippen LogP contribution in [0.2, 0.25) is 0 Å². The molecule has 0 radical (unpaired) electrons. The molecule has 1 N–H and O–H groups in total. The van der Waals surface area contributed by atoms with Gasteiger partial charge in [-0.05, 0) is 32.4 Å². The van der Waals surface area contributed by atoms with Crippen molar-refractivity contribution in [1.82, 2.24) is 20.0 Å². The molecule has 2 fully saturated rings. The Kier molecular flexibility index (Phi) is 4.32. The van der Waals surface area contributed by atoms with E-state index in [-0.39, 0.29) is 12.0 Å². The maximum absolute atomic E-state index is 12.4. The van der Waals surface area contributed by atoms with Crippen molar-refractivity contribution < 1.29 is 9.53 Å². The second kappa shape index (κ2) is 6.37. The first-order valence-corrected chi connectivity index (χ1v) is 7.45. The van der Waals surface area contributed by atoms with Gasteiger partial charge in [-0.15, -0.1) is 0 Å². The van der Waals surface area contributed by atoms with E-state index < -0.39 is 0 Å². The molecule has 1 amide bonds. The highest BCUT2D eigenvalue weighted by Gasteiger charge is 2.26. The van der Waals surface area contributed by atoms with Crippen molar-refractivity contribution in [3.63, 3.8) is 0 Å². The number of aromatic amines is 1. The molecule has 2 aliphatic heterocycles. The monoisotopic (exact) mass is 278 g/mol. The molecular weight excluding hydrogens is 256 g/mol. The molecule has 0 aromatic carbocycles. The van der Waals surface area contributed by atoms with Crippen LogP contribution in [0.1, 0.15) is 29.6 Å². The summed E-state index contributed by atoms with van der Waals surface area (Å²) in [6.45, 7) is 5.45. The van der Waals surface area contributed by atoms with Crippen molar-refractivity contribution in [2.45, 2.75) is 25.4 Å². The summed E-state index contributed by atoms with van der Waals surface area (Å²) in [5.74, 6) is 0.0515. The number of likely N-dealkylation sites (tertiary alicyclic amines) is 1. The van der Waals surface area contributed by atoms with E-state index in [0.29, 0.717) is 12.1 Å². The first-order valence-electron chi connectivity index (χ1n) is 7.45. The van der Waals surface area contributed by atoms with E-state index in [2.05, 4.69) is 15.1 Å². The fraction of sp³-hybridized carbons (Fsp3) is 0.714. The third kappa shape index (κ3) is 3.19. The zero-order chi connectivity index (χ0) is 13.8. The average molecular weight is 278 g/mol. The first-order chi connectivity index (χ1) is 9.83. The standard InChI is InChI=1S/C14H22N4O2/c19-14(12-8-15-16-9-12)18-6-3-7-20-13(11-18)10-17-4-1-2-5-17/h8-9,13H,1-7,10-11H2,(H,15,16)/t13-/m0/s1. The van der Waals surface area contributed by atoms with Gasteiger partial charge in [-0.2, -0.15) is 5.10 Å². The minimum Gasteiger partial charge on any atom is -0.375 e. The predicted molar refractivity (Wildman–Crippen MR) is 74.5 cm³/mol. The van der Waals surface area contributed by atoms with Crippen molar-refractivity contribution in [2.75, 3.05) is 39.3 Å². The Balaban J connectivity index is 1.61. The summed E-state index contributed by atoms with van der Waals surface area (Å²) in [7, 11) is 0. The lowest BCUT2D eigenvalue weighted by molar-refractivity contribution is 0.0297. The molecule has 3 rings (SSSR count). The third-order valence-corrected chi connectivity index (χ3v) is 4.04. The van der Waals surface area contributed by atoms with Gasteiger partial charge in [0, 0.05) is 32.4 Å². The Hall–Kier alpha value is -1.40. The molecule has 3 heterocycles. The van der Waals surface area contributed by atoms with Crippen LogP contribution in [-0.4, -0.2) is 71.3 Å². The molecule has 1 aromatic heterocycles. The molecule has 0 bridgehead atoms. The quantitative estimate of drug-likeness (QED) is 0.886. The molecule has 110 valence electrons. The summed E-state index contributed by atoms with van der Waals surface area (Å²) >= 11 is 0. The maximum Gasteiger partial charge on any atom is 0.257 e. The van der Waals surface area contributed by atoms with Gasteiger partial charge in [-0.25, -0.2) is 0 Å². The van der Waals surface area contributed by atoms with Crippen LogP contribution in [0.15, 0.2) is 12.4 Å². The van der Waals surface area contributed by atoms with E-state index in [0.717, 1.165) is 39.2 Å². The minimum atomic E-state index is 0.0515. The van der Waals surface area contributed by atoms with Crippen LogP contribution in [0, 0.1) is 0 Å². The number of amides is 1. The number of carbonyl (C=O) groups excluding carboxylic acids is 1. The highest BCUT2D eigenvalue weighted by molar-refractivity contribution is 5.93. The summed E-state index contributed by atoms with van der Waals surface area (Å²) in [5.41, 5.74) is 0.631.